The quantitative estimate of drug-likeness (QED) is 0.822. The molecule has 0 aliphatic carbocycles. The van der Waals surface area contributed by atoms with E-state index in [-0.39, 0.29) is 5.69 Å². The zero-order valence-electron chi connectivity index (χ0n) is 9.58. The molecular formula is C12H12N4O2. The lowest BCUT2D eigenvalue weighted by molar-refractivity contribution is 0.0690. The molecule has 0 aliphatic heterocycles. The Morgan fingerprint density at radius 1 is 1.33 bits per heavy atom. The van der Waals surface area contributed by atoms with E-state index in [1.54, 1.807) is 12.4 Å². The third-order valence-corrected chi connectivity index (χ3v) is 2.29. The zero-order valence-corrected chi connectivity index (χ0v) is 9.58. The molecule has 0 radical (unpaired) electrons. The molecule has 0 fully saturated rings. The Morgan fingerprint density at radius 3 is 2.94 bits per heavy atom. The molecule has 0 aromatic carbocycles. The summed E-state index contributed by atoms with van der Waals surface area (Å²) in [4.78, 5) is 22.6. The number of pyridine rings is 1. The van der Waals surface area contributed by atoms with E-state index < -0.39 is 5.97 Å². The minimum Gasteiger partial charge on any atom is -0.477 e. The number of nitrogens with zero attached hydrogens (tertiary/aromatic N) is 3. The molecule has 0 atom stereocenters. The van der Waals surface area contributed by atoms with E-state index in [1.165, 1.54) is 12.3 Å². The standard InChI is InChI=1S/C12H12N4O2/c17-11(18)10-4-7-15-12(16-10)14-6-3-9-2-1-5-13-8-9/h1-2,4-5,7-8H,3,6H2,(H,17,18)(H,14,15,16). The normalized spacial score (nSPS) is 10.0. The van der Waals surface area contributed by atoms with Gasteiger partial charge in [-0.05, 0) is 24.1 Å². The van der Waals surface area contributed by atoms with Crippen molar-refractivity contribution in [2.45, 2.75) is 6.42 Å². The highest BCUT2D eigenvalue weighted by Gasteiger charge is 2.05. The van der Waals surface area contributed by atoms with Crippen molar-refractivity contribution in [2.75, 3.05) is 11.9 Å². The number of hydrogen-bond acceptors (Lipinski definition) is 5. The lowest BCUT2D eigenvalue weighted by Crippen LogP contribution is -2.10. The summed E-state index contributed by atoms with van der Waals surface area (Å²) in [5, 5.41) is 11.8. The lowest BCUT2D eigenvalue weighted by Gasteiger charge is -2.04. The summed E-state index contributed by atoms with van der Waals surface area (Å²) in [5.74, 6) is -0.744. The number of nitrogens with one attached hydrogen (secondary N) is 1. The van der Waals surface area contributed by atoms with Crippen molar-refractivity contribution in [1.29, 1.82) is 0 Å². The largest absolute Gasteiger partial charge is 0.477 e. The number of carboxylic acid groups (broad SMARTS) is 1. The smallest absolute Gasteiger partial charge is 0.354 e. The van der Waals surface area contributed by atoms with E-state index >= 15 is 0 Å². The van der Waals surface area contributed by atoms with Crippen LogP contribution in [0.3, 0.4) is 0 Å². The molecule has 0 unspecified atom stereocenters. The predicted octanol–water partition coefficient (Wildman–Crippen LogP) is 1.22. The van der Waals surface area contributed by atoms with Gasteiger partial charge in [-0.25, -0.2) is 14.8 Å². The molecule has 2 aromatic heterocycles. The van der Waals surface area contributed by atoms with E-state index in [9.17, 15) is 4.79 Å². The van der Waals surface area contributed by atoms with Crippen molar-refractivity contribution in [3.05, 3.63) is 48.0 Å². The van der Waals surface area contributed by atoms with E-state index in [0.717, 1.165) is 12.0 Å². The van der Waals surface area contributed by atoms with Crippen LogP contribution in [0.5, 0.6) is 0 Å². The van der Waals surface area contributed by atoms with Gasteiger partial charge in [0, 0.05) is 25.1 Å². The van der Waals surface area contributed by atoms with E-state index in [1.807, 2.05) is 12.1 Å². The Bertz CT molecular complexity index is 531. The van der Waals surface area contributed by atoms with Gasteiger partial charge >= 0.3 is 5.97 Å². The third-order valence-electron chi connectivity index (χ3n) is 2.29. The first kappa shape index (κ1) is 12.0. The van der Waals surface area contributed by atoms with Crippen molar-refractivity contribution >= 4 is 11.9 Å². The van der Waals surface area contributed by atoms with Gasteiger partial charge in [-0.15, -0.1) is 0 Å². The maximum absolute atomic E-state index is 10.7. The highest BCUT2D eigenvalue weighted by atomic mass is 16.4. The van der Waals surface area contributed by atoms with Crippen LogP contribution in [0.4, 0.5) is 5.95 Å². The van der Waals surface area contributed by atoms with Crippen LogP contribution in [0.2, 0.25) is 0 Å². The van der Waals surface area contributed by atoms with Gasteiger partial charge in [0.25, 0.3) is 0 Å². The van der Waals surface area contributed by atoms with Crippen LogP contribution in [0.1, 0.15) is 16.1 Å². The fraction of sp³-hybridized carbons (Fsp3) is 0.167. The topological polar surface area (TPSA) is 88.0 Å². The van der Waals surface area contributed by atoms with E-state index in [0.29, 0.717) is 12.5 Å². The predicted molar refractivity (Wildman–Crippen MR) is 65.4 cm³/mol. The molecule has 0 bridgehead atoms. The van der Waals surface area contributed by atoms with Crippen LogP contribution in [0, 0.1) is 0 Å². The number of hydrogen-bond donors (Lipinski definition) is 2. The molecule has 0 aliphatic rings. The van der Waals surface area contributed by atoms with Crippen molar-refractivity contribution in [2.24, 2.45) is 0 Å². The SMILES string of the molecule is O=C(O)c1ccnc(NCCc2cccnc2)n1. The number of carbonyl (C=O) groups is 1. The first-order valence-corrected chi connectivity index (χ1v) is 5.45. The summed E-state index contributed by atoms with van der Waals surface area (Å²) in [7, 11) is 0. The van der Waals surface area contributed by atoms with Crippen molar-refractivity contribution in [1.82, 2.24) is 15.0 Å². The van der Waals surface area contributed by atoms with Gasteiger partial charge in [0.05, 0.1) is 0 Å². The highest BCUT2D eigenvalue weighted by molar-refractivity contribution is 5.85. The first-order chi connectivity index (χ1) is 8.75. The molecule has 6 heteroatoms. The molecule has 0 saturated heterocycles. The van der Waals surface area contributed by atoms with Crippen molar-refractivity contribution in [3.8, 4) is 0 Å². The molecule has 2 N–H and O–H groups in total. The lowest BCUT2D eigenvalue weighted by atomic mass is 10.2. The molecule has 0 amide bonds. The van der Waals surface area contributed by atoms with Gasteiger partial charge in [0.2, 0.25) is 5.95 Å². The number of aromatic carboxylic acids is 1. The second kappa shape index (κ2) is 5.72. The zero-order chi connectivity index (χ0) is 12.8. The minimum atomic E-state index is -1.06. The van der Waals surface area contributed by atoms with Crippen LogP contribution < -0.4 is 5.32 Å². The molecule has 2 rings (SSSR count). The van der Waals surface area contributed by atoms with Gasteiger partial charge in [-0.3, -0.25) is 4.98 Å². The molecular weight excluding hydrogens is 232 g/mol. The minimum absolute atomic E-state index is 0.0196. The fourth-order valence-electron chi connectivity index (χ4n) is 1.43. The summed E-state index contributed by atoms with van der Waals surface area (Å²) in [5.41, 5.74) is 1.08. The summed E-state index contributed by atoms with van der Waals surface area (Å²) in [6, 6.07) is 5.20. The Hall–Kier alpha value is -2.50. The van der Waals surface area contributed by atoms with Crippen LogP contribution in [0.15, 0.2) is 36.8 Å². The number of anilines is 1. The second-order valence-electron chi connectivity index (χ2n) is 3.61. The third kappa shape index (κ3) is 3.24. The van der Waals surface area contributed by atoms with Gasteiger partial charge in [0.15, 0.2) is 5.69 Å². The molecule has 6 nitrogen and oxygen atoms in total. The monoisotopic (exact) mass is 244 g/mol. The van der Waals surface area contributed by atoms with Gasteiger partial charge in [-0.2, -0.15) is 0 Å². The summed E-state index contributed by atoms with van der Waals surface area (Å²) in [6.45, 7) is 0.620. The molecule has 0 saturated carbocycles. The number of rotatable bonds is 5. The maximum atomic E-state index is 10.7. The molecule has 92 valence electrons. The molecule has 18 heavy (non-hydrogen) atoms. The van der Waals surface area contributed by atoms with Crippen LogP contribution >= 0.6 is 0 Å². The fourth-order valence-corrected chi connectivity index (χ4v) is 1.43. The van der Waals surface area contributed by atoms with Crippen LogP contribution in [0.25, 0.3) is 0 Å². The summed E-state index contributed by atoms with van der Waals surface area (Å²) < 4.78 is 0. The van der Waals surface area contributed by atoms with E-state index in [4.69, 9.17) is 5.11 Å². The Balaban J connectivity index is 1.90. The highest BCUT2D eigenvalue weighted by Crippen LogP contribution is 2.02. The van der Waals surface area contributed by atoms with E-state index in [2.05, 4.69) is 20.3 Å². The average Bonchev–Trinajstić information content (AvgIpc) is 2.40. The first-order valence-electron chi connectivity index (χ1n) is 5.45. The molecule has 2 heterocycles. The average molecular weight is 244 g/mol. The van der Waals surface area contributed by atoms with Gasteiger partial charge < -0.3 is 10.4 Å². The van der Waals surface area contributed by atoms with Crippen molar-refractivity contribution < 1.29 is 9.90 Å². The van der Waals surface area contributed by atoms with Crippen LogP contribution in [-0.4, -0.2) is 32.6 Å². The molecule has 2 aromatic rings. The number of aromatic nitrogens is 3. The van der Waals surface area contributed by atoms with Gasteiger partial charge in [0.1, 0.15) is 0 Å². The summed E-state index contributed by atoms with van der Waals surface area (Å²) in [6.07, 6.45) is 5.70. The molecule has 0 spiro atoms. The van der Waals surface area contributed by atoms with Crippen molar-refractivity contribution in [3.63, 3.8) is 0 Å². The van der Waals surface area contributed by atoms with Crippen LogP contribution in [-0.2, 0) is 6.42 Å². The maximum Gasteiger partial charge on any atom is 0.354 e. The Labute approximate surface area is 104 Å². The summed E-state index contributed by atoms with van der Waals surface area (Å²) >= 11 is 0. The second-order valence-corrected chi connectivity index (χ2v) is 3.61. The Morgan fingerprint density at radius 2 is 2.22 bits per heavy atom. The number of carboxylic acids is 1. The van der Waals surface area contributed by atoms with Gasteiger partial charge in [-0.1, -0.05) is 6.07 Å². The Kier molecular flexibility index (Phi) is 3.80.